The SMILES string of the molecule is Cc1cn(C2CN(C3CCC3Oc3ccccc3C(F)(F)F)C(=O)c3cccc(=O)n32)cn1. The second kappa shape index (κ2) is 7.79. The molecule has 172 valence electrons. The molecule has 1 aliphatic heterocycles. The van der Waals surface area contributed by atoms with E-state index in [1.54, 1.807) is 28.1 Å². The van der Waals surface area contributed by atoms with Crippen molar-refractivity contribution < 1.29 is 22.7 Å². The van der Waals surface area contributed by atoms with Crippen LogP contribution in [0.1, 0.15) is 40.8 Å². The zero-order valence-electron chi connectivity index (χ0n) is 17.7. The number of hydrogen-bond acceptors (Lipinski definition) is 4. The van der Waals surface area contributed by atoms with Crippen LogP contribution in [0.25, 0.3) is 0 Å². The third kappa shape index (κ3) is 3.69. The van der Waals surface area contributed by atoms with Gasteiger partial charge in [-0.25, -0.2) is 4.98 Å². The number of benzene rings is 1. The number of nitrogens with zero attached hydrogens (tertiary/aromatic N) is 4. The molecule has 5 rings (SSSR count). The number of carbonyl (C=O) groups excluding carboxylic acids is 1. The zero-order valence-corrected chi connectivity index (χ0v) is 17.7. The first-order valence-corrected chi connectivity index (χ1v) is 10.6. The maximum absolute atomic E-state index is 13.4. The molecule has 2 aliphatic rings. The lowest BCUT2D eigenvalue weighted by Gasteiger charge is -2.47. The number of aromatic nitrogens is 3. The summed E-state index contributed by atoms with van der Waals surface area (Å²) in [6.07, 6.45) is -1.13. The number of para-hydroxylation sites is 1. The third-order valence-corrected chi connectivity index (χ3v) is 6.25. The van der Waals surface area contributed by atoms with Crippen molar-refractivity contribution in [3.05, 3.63) is 82.3 Å². The Morgan fingerprint density at radius 2 is 1.85 bits per heavy atom. The number of imidazole rings is 1. The first-order chi connectivity index (χ1) is 15.7. The van der Waals surface area contributed by atoms with Gasteiger partial charge in [-0.2, -0.15) is 13.2 Å². The number of pyridine rings is 1. The Balaban J connectivity index is 1.47. The average Bonchev–Trinajstić information content (AvgIpc) is 3.19. The number of ether oxygens (including phenoxy) is 1. The lowest BCUT2D eigenvalue weighted by molar-refractivity contribution is -0.140. The third-order valence-electron chi connectivity index (χ3n) is 6.25. The summed E-state index contributed by atoms with van der Waals surface area (Å²) < 4.78 is 49.2. The van der Waals surface area contributed by atoms with Crippen molar-refractivity contribution in [2.45, 2.75) is 44.3 Å². The summed E-state index contributed by atoms with van der Waals surface area (Å²) in [5.41, 5.74) is -0.161. The molecule has 2 aromatic heterocycles. The van der Waals surface area contributed by atoms with E-state index in [9.17, 15) is 22.8 Å². The number of amides is 1. The summed E-state index contributed by atoms with van der Waals surface area (Å²) in [4.78, 5) is 31.8. The van der Waals surface area contributed by atoms with Crippen LogP contribution >= 0.6 is 0 Å². The van der Waals surface area contributed by atoms with E-state index in [1.807, 2.05) is 6.92 Å². The smallest absolute Gasteiger partial charge is 0.419 e. The molecule has 0 spiro atoms. The van der Waals surface area contributed by atoms with Crippen LogP contribution in [0.3, 0.4) is 0 Å². The van der Waals surface area contributed by atoms with Gasteiger partial charge in [0.15, 0.2) is 0 Å². The van der Waals surface area contributed by atoms with Gasteiger partial charge in [-0.1, -0.05) is 18.2 Å². The van der Waals surface area contributed by atoms with Crippen molar-refractivity contribution in [1.29, 1.82) is 0 Å². The van der Waals surface area contributed by atoms with Crippen LogP contribution in [0, 0.1) is 6.92 Å². The summed E-state index contributed by atoms with van der Waals surface area (Å²) in [7, 11) is 0. The van der Waals surface area contributed by atoms with E-state index >= 15 is 0 Å². The highest BCUT2D eigenvalue weighted by Gasteiger charge is 2.45. The molecular formula is C23H21F3N4O3. The molecule has 1 saturated carbocycles. The van der Waals surface area contributed by atoms with Crippen molar-refractivity contribution in [2.75, 3.05) is 6.54 Å². The minimum absolute atomic E-state index is 0.178. The normalized spacial score (nSPS) is 22.6. The fraction of sp³-hybridized carbons (Fsp3) is 0.348. The molecule has 0 N–H and O–H groups in total. The van der Waals surface area contributed by atoms with E-state index in [0.29, 0.717) is 12.8 Å². The lowest BCUT2D eigenvalue weighted by Crippen LogP contribution is -2.60. The highest BCUT2D eigenvalue weighted by molar-refractivity contribution is 5.93. The molecule has 1 amide bonds. The molecule has 3 unspecified atom stereocenters. The zero-order chi connectivity index (χ0) is 23.3. The highest BCUT2D eigenvalue weighted by Crippen LogP contribution is 2.39. The van der Waals surface area contributed by atoms with Crippen molar-refractivity contribution in [3.8, 4) is 5.75 Å². The van der Waals surface area contributed by atoms with Crippen molar-refractivity contribution in [3.63, 3.8) is 0 Å². The van der Waals surface area contributed by atoms with Gasteiger partial charge in [0.05, 0.1) is 30.2 Å². The number of aryl methyl sites for hydroxylation is 1. The van der Waals surface area contributed by atoms with Crippen LogP contribution < -0.4 is 10.3 Å². The van der Waals surface area contributed by atoms with Gasteiger partial charge in [0.2, 0.25) is 0 Å². The van der Waals surface area contributed by atoms with Crippen LogP contribution in [0.2, 0.25) is 0 Å². The number of rotatable bonds is 4. The average molecular weight is 458 g/mol. The predicted octanol–water partition coefficient (Wildman–Crippen LogP) is 3.48. The fourth-order valence-corrected chi connectivity index (χ4v) is 4.50. The molecule has 1 aromatic carbocycles. The van der Waals surface area contributed by atoms with Gasteiger partial charge in [-0.05, 0) is 38.0 Å². The van der Waals surface area contributed by atoms with E-state index in [0.717, 1.165) is 11.8 Å². The van der Waals surface area contributed by atoms with Crippen LogP contribution in [0.15, 0.2) is 59.8 Å². The Kier molecular flexibility index (Phi) is 5.02. The summed E-state index contributed by atoms with van der Waals surface area (Å²) in [5, 5.41) is 0. The Morgan fingerprint density at radius 3 is 2.52 bits per heavy atom. The standard InChI is InChI=1S/C23H21F3N4O3/c1-14-11-28(13-27-14)20-12-29(22(32)17-6-4-8-21(31)30(17)20)16-9-10-19(16)33-18-7-3-2-5-15(18)23(24,25)26/h2-8,11,13,16,19-20H,9-10,12H2,1H3. The quantitative estimate of drug-likeness (QED) is 0.600. The molecule has 3 atom stereocenters. The lowest BCUT2D eigenvalue weighted by atomic mass is 9.86. The van der Waals surface area contributed by atoms with Crippen molar-refractivity contribution in [1.82, 2.24) is 19.0 Å². The summed E-state index contributed by atoms with van der Waals surface area (Å²) in [6, 6.07) is 9.18. The highest BCUT2D eigenvalue weighted by atomic mass is 19.4. The molecule has 1 aliphatic carbocycles. The number of halogens is 3. The topological polar surface area (TPSA) is 69.4 Å². The minimum atomic E-state index is -4.54. The molecule has 0 radical (unpaired) electrons. The monoisotopic (exact) mass is 458 g/mol. The van der Waals surface area contributed by atoms with Gasteiger partial charge in [-0.15, -0.1) is 0 Å². The molecule has 1 fully saturated rings. The molecule has 3 heterocycles. The predicted molar refractivity (Wildman–Crippen MR) is 112 cm³/mol. The van der Waals surface area contributed by atoms with E-state index in [2.05, 4.69) is 4.98 Å². The van der Waals surface area contributed by atoms with E-state index in [1.165, 1.54) is 34.9 Å². The first kappa shape index (κ1) is 21.3. The van der Waals surface area contributed by atoms with Gasteiger partial charge in [-0.3, -0.25) is 14.2 Å². The van der Waals surface area contributed by atoms with Gasteiger partial charge < -0.3 is 14.2 Å². The Bertz CT molecular complexity index is 1270. The van der Waals surface area contributed by atoms with Crippen molar-refractivity contribution in [2.24, 2.45) is 0 Å². The second-order valence-corrected chi connectivity index (χ2v) is 8.31. The maximum Gasteiger partial charge on any atom is 0.419 e. The number of fused-ring (bicyclic) bond motifs is 1. The van der Waals surface area contributed by atoms with Crippen LogP contribution in [-0.4, -0.2) is 43.6 Å². The molecular weight excluding hydrogens is 437 g/mol. The van der Waals surface area contributed by atoms with Crippen LogP contribution in [-0.2, 0) is 6.18 Å². The van der Waals surface area contributed by atoms with Gasteiger partial charge in [0, 0.05) is 12.3 Å². The second-order valence-electron chi connectivity index (χ2n) is 8.31. The van der Waals surface area contributed by atoms with E-state index in [4.69, 9.17) is 4.74 Å². The Morgan fingerprint density at radius 1 is 1.06 bits per heavy atom. The van der Waals surface area contributed by atoms with Gasteiger partial charge in [0.25, 0.3) is 11.5 Å². The molecule has 10 heteroatoms. The fourth-order valence-electron chi connectivity index (χ4n) is 4.50. The Hall–Kier alpha value is -3.56. The molecule has 0 saturated heterocycles. The summed E-state index contributed by atoms with van der Waals surface area (Å²) in [6.45, 7) is 2.00. The summed E-state index contributed by atoms with van der Waals surface area (Å²) >= 11 is 0. The largest absolute Gasteiger partial charge is 0.488 e. The number of carbonyl (C=O) groups is 1. The molecule has 33 heavy (non-hydrogen) atoms. The summed E-state index contributed by atoms with van der Waals surface area (Å²) in [5.74, 6) is -0.592. The van der Waals surface area contributed by atoms with Gasteiger partial charge in [0.1, 0.15) is 23.7 Å². The molecule has 0 bridgehead atoms. The van der Waals surface area contributed by atoms with Crippen LogP contribution in [0.4, 0.5) is 13.2 Å². The Labute approximate surface area is 187 Å². The minimum Gasteiger partial charge on any atom is -0.488 e. The van der Waals surface area contributed by atoms with E-state index in [-0.39, 0.29) is 29.5 Å². The first-order valence-electron chi connectivity index (χ1n) is 10.6. The number of alkyl halides is 3. The van der Waals surface area contributed by atoms with Gasteiger partial charge >= 0.3 is 6.18 Å². The van der Waals surface area contributed by atoms with Crippen LogP contribution in [0.5, 0.6) is 5.75 Å². The molecule has 7 nitrogen and oxygen atoms in total. The van der Waals surface area contributed by atoms with E-state index < -0.39 is 30.1 Å². The van der Waals surface area contributed by atoms with Crippen molar-refractivity contribution >= 4 is 5.91 Å². The maximum atomic E-state index is 13.4. The molecule has 3 aromatic rings. The number of hydrogen-bond donors (Lipinski definition) is 0.